The molecule has 0 unspecified atom stereocenters. The molecule has 2 amide bonds. The Balaban J connectivity index is 0.970. The maximum Gasteiger partial charge on any atom is 0.315 e. The van der Waals surface area contributed by atoms with Gasteiger partial charge in [-0.25, -0.2) is 13.2 Å². The summed E-state index contributed by atoms with van der Waals surface area (Å²) in [5.41, 5.74) is 0.0924. The average molecular weight is 456 g/mol. The van der Waals surface area contributed by atoms with Crippen LogP contribution in [-0.2, 0) is 14.6 Å². The van der Waals surface area contributed by atoms with Crippen LogP contribution >= 0.6 is 0 Å². The van der Waals surface area contributed by atoms with Crippen molar-refractivity contribution in [3.8, 4) is 0 Å². The smallest absolute Gasteiger partial charge is 0.315 e. The Hall–Kier alpha value is -0.860. The summed E-state index contributed by atoms with van der Waals surface area (Å²) in [6.45, 7) is 4.45. The van der Waals surface area contributed by atoms with Gasteiger partial charge in [-0.05, 0) is 82.0 Å². The highest BCUT2D eigenvalue weighted by atomic mass is 32.2. The third-order valence-electron chi connectivity index (χ3n) is 7.87. The summed E-state index contributed by atoms with van der Waals surface area (Å²) in [7, 11) is -2.79. The van der Waals surface area contributed by atoms with Gasteiger partial charge >= 0.3 is 6.03 Å². The number of unbranched alkanes of at least 4 members (excludes halogenated alkanes) is 2. The Labute approximate surface area is 188 Å². The predicted molar refractivity (Wildman–Crippen MR) is 122 cm³/mol. The van der Waals surface area contributed by atoms with E-state index in [9.17, 15) is 13.2 Å². The van der Waals surface area contributed by atoms with Crippen molar-refractivity contribution in [2.45, 2.75) is 69.7 Å². The van der Waals surface area contributed by atoms with Gasteiger partial charge in [-0.1, -0.05) is 0 Å². The van der Waals surface area contributed by atoms with Gasteiger partial charge in [0.05, 0.1) is 11.5 Å². The lowest BCUT2D eigenvalue weighted by molar-refractivity contribution is -0.0135. The first-order valence-electron chi connectivity index (χ1n) is 12.5. The SMILES string of the molecule is O=C(NCCCCCOCCCN1CCS(=O)(=O)CC1)NC12CC3CC(CC(C3)C1)C2. The maximum absolute atomic E-state index is 12.4. The number of urea groups is 1. The fraction of sp³-hybridized carbons (Fsp3) is 0.957. The van der Waals surface area contributed by atoms with E-state index in [4.69, 9.17) is 4.74 Å². The molecule has 2 N–H and O–H groups in total. The molecule has 0 aromatic heterocycles. The van der Waals surface area contributed by atoms with E-state index in [1.165, 1.54) is 38.5 Å². The minimum atomic E-state index is -2.79. The first-order valence-corrected chi connectivity index (χ1v) is 14.3. The van der Waals surface area contributed by atoms with Crippen LogP contribution in [0.15, 0.2) is 0 Å². The molecule has 1 heterocycles. The van der Waals surface area contributed by atoms with Gasteiger partial charge in [-0.3, -0.25) is 0 Å². The van der Waals surface area contributed by atoms with E-state index in [1.54, 1.807) is 0 Å². The molecule has 0 spiro atoms. The van der Waals surface area contributed by atoms with Gasteiger partial charge in [0.2, 0.25) is 0 Å². The normalized spacial score (nSPS) is 34.0. The molecule has 4 saturated carbocycles. The quantitative estimate of drug-likeness (QED) is 0.468. The van der Waals surface area contributed by atoms with Crippen molar-refractivity contribution in [3.63, 3.8) is 0 Å². The molecule has 0 aromatic rings. The van der Waals surface area contributed by atoms with Gasteiger partial charge in [0.1, 0.15) is 0 Å². The summed E-state index contributed by atoms with van der Waals surface area (Å²) >= 11 is 0. The van der Waals surface area contributed by atoms with Crippen LogP contribution in [0.4, 0.5) is 4.79 Å². The summed E-state index contributed by atoms with van der Waals surface area (Å²) in [6.07, 6.45) is 11.8. The summed E-state index contributed by atoms with van der Waals surface area (Å²) in [6, 6.07) is 0.0312. The van der Waals surface area contributed by atoms with Crippen molar-refractivity contribution in [2.75, 3.05) is 50.9 Å². The second-order valence-corrected chi connectivity index (χ2v) is 12.9. The van der Waals surface area contributed by atoms with Crippen LogP contribution in [0.25, 0.3) is 0 Å². The average Bonchev–Trinajstić information content (AvgIpc) is 2.69. The van der Waals surface area contributed by atoms with Crippen molar-refractivity contribution in [2.24, 2.45) is 17.8 Å². The van der Waals surface area contributed by atoms with Crippen molar-refractivity contribution in [1.82, 2.24) is 15.5 Å². The Morgan fingerprint density at radius 3 is 2.16 bits per heavy atom. The van der Waals surface area contributed by atoms with Gasteiger partial charge in [0.25, 0.3) is 0 Å². The standard InChI is InChI=1S/C23H41N3O4S/c27-22(25-23-16-19-13-20(17-23)15-21(14-19)18-23)24-5-2-1-3-9-30-10-4-6-26-7-11-31(28,29)12-8-26/h19-21H,1-18H2,(H2,24,25,27). The van der Waals surface area contributed by atoms with Crippen LogP contribution < -0.4 is 10.6 Å². The lowest BCUT2D eigenvalue weighted by atomic mass is 9.53. The van der Waals surface area contributed by atoms with Crippen LogP contribution in [0, 0.1) is 17.8 Å². The molecule has 0 atom stereocenters. The number of nitrogens with zero attached hydrogens (tertiary/aromatic N) is 1. The Bertz CT molecular complexity index is 662. The number of sulfone groups is 1. The van der Waals surface area contributed by atoms with E-state index in [0.717, 1.165) is 69.7 Å². The maximum atomic E-state index is 12.4. The highest BCUT2D eigenvalue weighted by Gasteiger charge is 2.51. The number of rotatable bonds is 11. The fourth-order valence-electron chi connectivity index (χ4n) is 6.72. The molecule has 8 heteroatoms. The van der Waals surface area contributed by atoms with E-state index in [-0.39, 0.29) is 11.6 Å². The molecule has 4 bridgehead atoms. The van der Waals surface area contributed by atoms with E-state index in [0.29, 0.717) is 24.6 Å². The lowest BCUT2D eigenvalue weighted by Crippen LogP contribution is -2.61. The lowest BCUT2D eigenvalue weighted by Gasteiger charge is -2.56. The largest absolute Gasteiger partial charge is 0.381 e. The summed E-state index contributed by atoms with van der Waals surface area (Å²) < 4.78 is 28.6. The van der Waals surface area contributed by atoms with E-state index < -0.39 is 9.84 Å². The van der Waals surface area contributed by atoms with Gasteiger partial charge in [-0.2, -0.15) is 0 Å². The van der Waals surface area contributed by atoms with Crippen molar-refractivity contribution in [3.05, 3.63) is 0 Å². The number of amides is 2. The van der Waals surface area contributed by atoms with Crippen LogP contribution in [0.5, 0.6) is 0 Å². The summed E-state index contributed by atoms with van der Waals surface area (Å²) in [4.78, 5) is 14.6. The molecule has 31 heavy (non-hydrogen) atoms. The van der Waals surface area contributed by atoms with E-state index in [1.807, 2.05) is 0 Å². The predicted octanol–water partition coefficient (Wildman–Crippen LogP) is 2.56. The van der Waals surface area contributed by atoms with Crippen molar-refractivity contribution in [1.29, 1.82) is 0 Å². The third-order valence-corrected chi connectivity index (χ3v) is 9.48. The molecule has 1 saturated heterocycles. The summed E-state index contributed by atoms with van der Waals surface area (Å²) in [5, 5.41) is 6.44. The molecular formula is C23H41N3O4S. The highest BCUT2D eigenvalue weighted by molar-refractivity contribution is 7.91. The second-order valence-electron chi connectivity index (χ2n) is 10.6. The molecular weight excluding hydrogens is 414 g/mol. The van der Waals surface area contributed by atoms with Gasteiger partial charge in [0.15, 0.2) is 9.84 Å². The molecule has 5 aliphatic rings. The van der Waals surface area contributed by atoms with Gasteiger partial charge in [0, 0.05) is 44.9 Å². The zero-order valence-electron chi connectivity index (χ0n) is 18.9. The van der Waals surface area contributed by atoms with Crippen molar-refractivity contribution < 1.29 is 17.9 Å². The van der Waals surface area contributed by atoms with E-state index in [2.05, 4.69) is 15.5 Å². The van der Waals surface area contributed by atoms with Crippen LogP contribution in [-0.4, -0.2) is 75.8 Å². The number of hydrogen-bond acceptors (Lipinski definition) is 5. The van der Waals surface area contributed by atoms with Crippen LogP contribution in [0.2, 0.25) is 0 Å². The molecule has 178 valence electrons. The first kappa shape index (κ1) is 23.3. The molecule has 0 aromatic carbocycles. The molecule has 5 rings (SSSR count). The van der Waals surface area contributed by atoms with Crippen LogP contribution in [0.3, 0.4) is 0 Å². The fourth-order valence-corrected chi connectivity index (χ4v) is 8.00. The minimum absolute atomic E-state index is 0.0312. The molecule has 0 radical (unpaired) electrons. The first-order chi connectivity index (χ1) is 14.9. The molecule has 1 aliphatic heterocycles. The second kappa shape index (κ2) is 10.4. The van der Waals surface area contributed by atoms with Crippen molar-refractivity contribution >= 4 is 15.9 Å². The molecule has 7 nitrogen and oxygen atoms in total. The van der Waals surface area contributed by atoms with Gasteiger partial charge in [-0.15, -0.1) is 0 Å². The number of ether oxygens (including phenoxy) is 1. The molecule has 4 aliphatic carbocycles. The monoisotopic (exact) mass is 455 g/mol. The number of hydrogen-bond donors (Lipinski definition) is 2. The Morgan fingerprint density at radius 2 is 1.52 bits per heavy atom. The number of nitrogens with one attached hydrogen (secondary N) is 2. The summed E-state index contributed by atoms with van der Waals surface area (Å²) in [5.74, 6) is 3.14. The van der Waals surface area contributed by atoms with Gasteiger partial charge < -0.3 is 20.3 Å². The Morgan fingerprint density at radius 1 is 0.903 bits per heavy atom. The number of carbonyl (C=O) groups excluding carboxylic acids is 1. The highest BCUT2D eigenvalue weighted by Crippen LogP contribution is 2.55. The van der Waals surface area contributed by atoms with Crippen LogP contribution in [0.1, 0.15) is 64.2 Å². The number of carbonyl (C=O) groups is 1. The molecule has 5 fully saturated rings. The zero-order chi connectivity index (χ0) is 21.7. The zero-order valence-corrected chi connectivity index (χ0v) is 19.8. The van der Waals surface area contributed by atoms with E-state index >= 15 is 0 Å². The Kier molecular flexibility index (Phi) is 7.81. The minimum Gasteiger partial charge on any atom is -0.381 e. The third kappa shape index (κ3) is 6.81. The topological polar surface area (TPSA) is 87.7 Å².